The minimum atomic E-state index is 0.204. The van der Waals surface area contributed by atoms with Crippen LogP contribution in [-0.2, 0) is 0 Å². The van der Waals surface area contributed by atoms with Gasteiger partial charge < -0.3 is 5.84 Å². The number of aryl methyl sites for hydroxylation is 1. The molecule has 0 spiro atoms. The quantitative estimate of drug-likeness (QED) is 0.831. The first kappa shape index (κ1) is 11.2. The number of hydrogen-bond donors (Lipinski definition) is 1. The molecule has 16 heavy (non-hydrogen) atoms. The summed E-state index contributed by atoms with van der Waals surface area (Å²) >= 11 is 8.10. The number of nitrogens with two attached hydrogens (primary N) is 1. The molecule has 0 amide bonds. The van der Waals surface area contributed by atoms with E-state index in [2.05, 4.69) is 14.6 Å². The Morgan fingerprint density at radius 2 is 2.31 bits per heavy atom. The molecule has 0 aliphatic carbocycles. The molecule has 0 radical (unpaired) electrons. The standard InChI is InChI=1S/C7H5ClN6S2/c1-3-11-12-7(14(3)10)15-6-4(2-9)5(8)13-16-6/h10H2,1H3. The van der Waals surface area contributed by atoms with Gasteiger partial charge in [-0.3, -0.25) is 0 Å². The zero-order valence-electron chi connectivity index (χ0n) is 8.01. The highest BCUT2D eigenvalue weighted by molar-refractivity contribution is 8.01. The Labute approximate surface area is 104 Å². The molecule has 0 bridgehead atoms. The van der Waals surface area contributed by atoms with Crippen molar-refractivity contribution in [3.63, 3.8) is 0 Å². The van der Waals surface area contributed by atoms with Crippen molar-refractivity contribution in [2.75, 3.05) is 5.84 Å². The molecule has 0 fully saturated rings. The van der Waals surface area contributed by atoms with Crippen LogP contribution >= 0.6 is 34.9 Å². The van der Waals surface area contributed by atoms with Gasteiger partial charge in [-0.25, -0.2) is 4.68 Å². The molecule has 2 heterocycles. The summed E-state index contributed by atoms with van der Waals surface area (Å²) in [5, 5.41) is 17.3. The fourth-order valence-electron chi connectivity index (χ4n) is 0.921. The fourth-order valence-corrected chi connectivity index (χ4v) is 2.97. The molecule has 2 aromatic heterocycles. The van der Waals surface area contributed by atoms with Crippen LogP contribution in [0.4, 0.5) is 0 Å². The number of nitriles is 1. The van der Waals surface area contributed by atoms with E-state index in [4.69, 9.17) is 22.7 Å². The first-order chi connectivity index (χ1) is 7.63. The molecular formula is C7H5ClN6S2. The van der Waals surface area contributed by atoms with E-state index in [0.29, 0.717) is 20.8 Å². The van der Waals surface area contributed by atoms with Crippen LogP contribution in [0.3, 0.4) is 0 Å². The summed E-state index contributed by atoms with van der Waals surface area (Å²) in [5.41, 5.74) is 0.345. The van der Waals surface area contributed by atoms with Crippen LogP contribution < -0.4 is 5.84 Å². The van der Waals surface area contributed by atoms with Crippen LogP contribution in [0.25, 0.3) is 0 Å². The molecule has 2 N–H and O–H groups in total. The van der Waals surface area contributed by atoms with Crippen LogP contribution in [0.5, 0.6) is 0 Å². The van der Waals surface area contributed by atoms with Gasteiger partial charge in [0.2, 0.25) is 5.16 Å². The number of rotatable bonds is 2. The van der Waals surface area contributed by atoms with Gasteiger partial charge in [-0.1, -0.05) is 11.6 Å². The third-order valence-corrected chi connectivity index (χ3v) is 4.09. The minimum Gasteiger partial charge on any atom is -0.336 e. The number of halogens is 1. The highest BCUT2D eigenvalue weighted by Gasteiger charge is 2.16. The first-order valence-electron chi connectivity index (χ1n) is 4.03. The Kier molecular flexibility index (Phi) is 3.00. The Hall–Kier alpha value is -1.30. The topological polar surface area (TPSA) is 93.4 Å². The number of nitrogen functional groups attached to an aromatic ring is 1. The van der Waals surface area contributed by atoms with Gasteiger partial charge >= 0.3 is 0 Å². The SMILES string of the molecule is Cc1nnc(Sc2snc(Cl)c2C#N)n1N. The maximum atomic E-state index is 8.89. The van der Waals surface area contributed by atoms with Gasteiger partial charge in [0.1, 0.15) is 21.7 Å². The van der Waals surface area contributed by atoms with Crippen molar-refractivity contribution in [1.29, 1.82) is 5.26 Å². The third kappa shape index (κ3) is 1.84. The van der Waals surface area contributed by atoms with Crippen LogP contribution in [0.1, 0.15) is 11.4 Å². The second kappa shape index (κ2) is 4.29. The summed E-state index contributed by atoms with van der Waals surface area (Å²) in [5.74, 6) is 6.28. The highest BCUT2D eigenvalue weighted by Crippen LogP contribution is 2.35. The average Bonchev–Trinajstić information content (AvgIpc) is 2.76. The fraction of sp³-hybridized carbons (Fsp3) is 0.143. The van der Waals surface area contributed by atoms with Crippen LogP contribution in [0.15, 0.2) is 9.37 Å². The molecule has 2 rings (SSSR count). The number of aromatic nitrogens is 4. The van der Waals surface area contributed by atoms with E-state index in [9.17, 15) is 0 Å². The molecule has 0 atom stereocenters. The van der Waals surface area contributed by atoms with Crippen molar-refractivity contribution >= 4 is 34.9 Å². The van der Waals surface area contributed by atoms with Gasteiger partial charge in [-0.05, 0) is 30.2 Å². The summed E-state index contributed by atoms with van der Waals surface area (Å²) in [6, 6.07) is 1.99. The highest BCUT2D eigenvalue weighted by atomic mass is 35.5. The summed E-state index contributed by atoms with van der Waals surface area (Å²) in [7, 11) is 0. The zero-order chi connectivity index (χ0) is 11.7. The Balaban J connectivity index is 2.35. The molecule has 2 aromatic rings. The summed E-state index contributed by atoms with van der Waals surface area (Å²) < 4.78 is 5.89. The van der Waals surface area contributed by atoms with Crippen LogP contribution in [0, 0.1) is 18.3 Å². The predicted octanol–water partition coefficient (Wildman–Crippen LogP) is 1.43. The molecule has 9 heteroatoms. The van der Waals surface area contributed by atoms with E-state index in [0.717, 1.165) is 11.5 Å². The largest absolute Gasteiger partial charge is 0.336 e. The Morgan fingerprint density at radius 3 is 2.88 bits per heavy atom. The van der Waals surface area contributed by atoms with E-state index < -0.39 is 0 Å². The van der Waals surface area contributed by atoms with Gasteiger partial charge in [0.05, 0.1) is 0 Å². The average molecular weight is 273 g/mol. The van der Waals surface area contributed by atoms with E-state index >= 15 is 0 Å². The molecule has 0 aliphatic heterocycles. The third-order valence-electron chi connectivity index (χ3n) is 1.75. The van der Waals surface area contributed by atoms with Crippen LogP contribution in [0.2, 0.25) is 5.15 Å². The summed E-state index contributed by atoms with van der Waals surface area (Å²) in [6.45, 7) is 1.74. The molecule has 0 aliphatic rings. The smallest absolute Gasteiger partial charge is 0.215 e. The Bertz CT molecular complexity index is 568. The van der Waals surface area contributed by atoms with E-state index in [-0.39, 0.29) is 5.15 Å². The van der Waals surface area contributed by atoms with E-state index in [1.54, 1.807) is 6.92 Å². The molecular weight excluding hydrogens is 268 g/mol. The maximum Gasteiger partial charge on any atom is 0.215 e. The van der Waals surface area contributed by atoms with E-state index in [1.165, 1.54) is 16.4 Å². The lowest BCUT2D eigenvalue weighted by molar-refractivity contribution is 0.826. The lowest BCUT2D eigenvalue weighted by atomic mass is 10.4. The minimum absolute atomic E-state index is 0.204. The summed E-state index contributed by atoms with van der Waals surface area (Å²) in [4.78, 5) is 0. The van der Waals surface area contributed by atoms with Gasteiger partial charge in [0.15, 0.2) is 5.15 Å². The van der Waals surface area contributed by atoms with Gasteiger partial charge in [-0.15, -0.1) is 10.2 Å². The van der Waals surface area contributed by atoms with Crippen molar-refractivity contribution in [1.82, 2.24) is 19.2 Å². The molecule has 6 nitrogen and oxygen atoms in total. The lowest BCUT2D eigenvalue weighted by Gasteiger charge is -1.98. The Morgan fingerprint density at radius 1 is 1.56 bits per heavy atom. The van der Waals surface area contributed by atoms with Crippen LogP contribution in [-0.4, -0.2) is 19.2 Å². The van der Waals surface area contributed by atoms with Crippen molar-refractivity contribution in [2.24, 2.45) is 0 Å². The van der Waals surface area contributed by atoms with Crippen molar-refractivity contribution < 1.29 is 0 Å². The van der Waals surface area contributed by atoms with Gasteiger partial charge in [-0.2, -0.15) is 9.64 Å². The molecule has 0 saturated heterocycles. The normalized spacial score (nSPS) is 10.3. The molecule has 0 saturated carbocycles. The number of nitrogens with zero attached hydrogens (tertiary/aromatic N) is 5. The number of hydrogen-bond acceptors (Lipinski definition) is 7. The maximum absolute atomic E-state index is 8.89. The monoisotopic (exact) mass is 272 g/mol. The molecule has 0 aromatic carbocycles. The van der Waals surface area contributed by atoms with Gasteiger partial charge in [0, 0.05) is 0 Å². The zero-order valence-corrected chi connectivity index (χ0v) is 10.4. The van der Waals surface area contributed by atoms with E-state index in [1.807, 2.05) is 6.07 Å². The summed E-state index contributed by atoms with van der Waals surface area (Å²) in [6.07, 6.45) is 0. The lowest BCUT2D eigenvalue weighted by Crippen LogP contribution is -2.11. The van der Waals surface area contributed by atoms with Crippen molar-refractivity contribution in [3.05, 3.63) is 16.5 Å². The predicted molar refractivity (Wildman–Crippen MR) is 60.9 cm³/mol. The second-order valence-electron chi connectivity index (χ2n) is 2.75. The van der Waals surface area contributed by atoms with Crippen molar-refractivity contribution in [2.45, 2.75) is 16.3 Å². The first-order valence-corrected chi connectivity index (χ1v) is 6.00. The molecule has 82 valence electrons. The van der Waals surface area contributed by atoms with Crippen molar-refractivity contribution in [3.8, 4) is 6.07 Å². The van der Waals surface area contributed by atoms with Gasteiger partial charge in [0.25, 0.3) is 0 Å². The second-order valence-corrected chi connectivity index (χ2v) is 5.12. The molecule has 0 unspecified atom stereocenters.